The third kappa shape index (κ3) is 5.77. The fraction of sp³-hybridized carbons (Fsp3) is 0.333. The average Bonchev–Trinajstić information content (AvgIpc) is 2.70. The number of hydrogen-bond acceptors (Lipinski definition) is 3. The lowest BCUT2D eigenvalue weighted by atomic mass is 9.95. The SMILES string of the molecule is CC(C)[C@@H](NC(=O)C1CC(=O)NC(c2ccccc2)N1)c1ccc(S(F)(F)(F)(F)F)cc1. The van der Waals surface area contributed by atoms with E-state index in [-0.39, 0.29) is 23.8 Å². The van der Waals surface area contributed by atoms with E-state index in [1.165, 1.54) is 0 Å². The number of rotatable bonds is 6. The van der Waals surface area contributed by atoms with E-state index in [1.807, 2.05) is 6.07 Å². The standard InChI is InChI=1S/C21H24F5N3O2S/c1-13(2)19(14-8-10-16(11-9-14)32(22,23,24,25)26)29-21(31)17-12-18(30)28-20(27-17)15-6-4-3-5-7-15/h3-11,13,17,19-20,27H,12H2,1-2H3,(H,28,30)(H,29,31)/t17?,19-,20?/m1/s1. The van der Waals surface area contributed by atoms with Crippen LogP contribution in [0.3, 0.4) is 0 Å². The minimum Gasteiger partial charge on any atom is -0.348 e. The van der Waals surface area contributed by atoms with Crippen LogP contribution < -0.4 is 16.0 Å². The van der Waals surface area contributed by atoms with E-state index in [0.29, 0.717) is 12.1 Å². The van der Waals surface area contributed by atoms with Crippen molar-refractivity contribution in [2.45, 2.75) is 43.4 Å². The Hall–Kier alpha value is -2.66. The highest BCUT2D eigenvalue weighted by atomic mass is 32.5. The number of hydrogen-bond donors (Lipinski definition) is 3. The van der Waals surface area contributed by atoms with Crippen LogP contribution in [0.2, 0.25) is 0 Å². The van der Waals surface area contributed by atoms with Crippen LogP contribution >= 0.6 is 10.2 Å². The van der Waals surface area contributed by atoms with Crippen LogP contribution in [0.4, 0.5) is 19.4 Å². The number of amides is 2. The molecule has 3 N–H and O–H groups in total. The first-order chi connectivity index (χ1) is 14.6. The lowest BCUT2D eigenvalue weighted by molar-refractivity contribution is -0.132. The van der Waals surface area contributed by atoms with Gasteiger partial charge in [0.15, 0.2) is 0 Å². The summed E-state index contributed by atoms with van der Waals surface area (Å²) >= 11 is 0. The molecule has 0 spiro atoms. The largest absolute Gasteiger partial charge is 0.348 e. The molecule has 1 aliphatic rings. The van der Waals surface area contributed by atoms with Gasteiger partial charge in [0.25, 0.3) is 0 Å². The van der Waals surface area contributed by atoms with Gasteiger partial charge >= 0.3 is 10.2 Å². The van der Waals surface area contributed by atoms with Crippen LogP contribution in [0.1, 0.15) is 43.6 Å². The molecule has 0 radical (unpaired) electrons. The molecule has 176 valence electrons. The molecule has 0 aromatic heterocycles. The van der Waals surface area contributed by atoms with E-state index in [9.17, 15) is 29.0 Å². The van der Waals surface area contributed by atoms with E-state index in [0.717, 1.165) is 17.7 Å². The van der Waals surface area contributed by atoms with Crippen molar-refractivity contribution in [2.75, 3.05) is 0 Å². The van der Waals surface area contributed by atoms with Gasteiger partial charge in [-0.1, -0.05) is 75.7 Å². The van der Waals surface area contributed by atoms with Crippen LogP contribution in [0.15, 0.2) is 59.5 Å². The molecule has 0 aliphatic carbocycles. The van der Waals surface area contributed by atoms with Gasteiger partial charge in [-0.3, -0.25) is 14.9 Å². The van der Waals surface area contributed by atoms with Gasteiger partial charge in [0, 0.05) is 0 Å². The first kappa shape index (κ1) is 24.0. The molecule has 2 aromatic carbocycles. The second kappa shape index (κ2) is 7.73. The van der Waals surface area contributed by atoms with Gasteiger partial charge in [-0.05, 0) is 29.2 Å². The first-order valence-corrected chi connectivity index (χ1v) is 11.8. The third-order valence-corrected chi connectivity index (χ3v) is 6.32. The smallest absolute Gasteiger partial charge is 0.310 e. The molecule has 32 heavy (non-hydrogen) atoms. The molecular formula is C21H24F5N3O2S. The lowest BCUT2D eigenvalue weighted by Crippen LogP contribution is -2.56. The molecule has 11 heteroatoms. The second-order valence-corrected chi connectivity index (χ2v) is 10.5. The van der Waals surface area contributed by atoms with Gasteiger partial charge in [-0.2, -0.15) is 0 Å². The van der Waals surface area contributed by atoms with Gasteiger partial charge in [0.05, 0.1) is 18.5 Å². The fourth-order valence-corrected chi connectivity index (χ4v) is 4.17. The van der Waals surface area contributed by atoms with Crippen LogP contribution in [-0.4, -0.2) is 17.9 Å². The van der Waals surface area contributed by atoms with Gasteiger partial charge in [0.1, 0.15) is 11.1 Å². The Labute approximate surface area is 182 Å². The van der Waals surface area contributed by atoms with E-state index >= 15 is 0 Å². The number of carbonyl (C=O) groups is 2. The number of nitrogens with one attached hydrogen (secondary N) is 3. The predicted octanol–water partition coefficient (Wildman–Crippen LogP) is 5.33. The molecular weight excluding hydrogens is 453 g/mol. The highest BCUT2D eigenvalue weighted by Gasteiger charge is 2.65. The van der Waals surface area contributed by atoms with Crippen LogP contribution in [0, 0.1) is 5.92 Å². The molecule has 3 atom stereocenters. The molecule has 0 bridgehead atoms. The minimum absolute atomic E-state index is 0.122. The quantitative estimate of drug-likeness (QED) is 0.493. The van der Waals surface area contributed by atoms with Crippen LogP contribution in [0.25, 0.3) is 0 Å². The first-order valence-electron chi connectivity index (χ1n) is 9.89. The highest BCUT2D eigenvalue weighted by molar-refractivity contribution is 8.45. The number of carbonyl (C=O) groups excluding carboxylic acids is 2. The molecule has 1 saturated heterocycles. The van der Waals surface area contributed by atoms with E-state index in [4.69, 9.17) is 0 Å². The summed E-state index contributed by atoms with van der Waals surface area (Å²) in [5.41, 5.74) is 1.00. The summed E-state index contributed by atoms with van der Waals surface area (Å²) in [5.74, 6) is -1.11. The molecule has 2 aromatic rings. The molecule has 0 saturated carbocycles. The monoisotopic (exact) mass is 477 g/mol. The lowest BCUT2D eigenvalue weighted by Gasteiger charge is -2.40. The summed E-state index contributed by atoms with van der Waals surface area (Å²) in [6.07, 6.45) is -0.703. The Morgan fingerprint density at radius 2 is 1.59 bits per heavy atom. The Morgan fingerprint density at radius 1 is 1.00 bits per heavy atom. The maximum absolute atomic E-state index is 13.0. The van der Waals surface area contributed by atoms with Crippen molar-refractivity contribution in [3.05, 3.63) is 65.7 Å². The van der Waals surface area contributed by atoms with Crippen molar-refractivity contribution < 1.29 is 29.0 Å². The van der Waals surface area contributed by atoms with Gasteiger partial charge in [0.2, 0.25) is 11.8 Å². The molecule has 1 fully saturated rings. The molecule has 5 nitrogen and oxygen atoms in total. The van der Waals surface area contributed by atoms with Crippen LogP contribution in [0.5, 0.6) is 0 Å². The average molecular weight is 477 g/mol. The van der Waals surface area contributed by atoms with Crippen LogP contribution in [-0.2, 0) is 9.59 Å². The van der Waals surface area contributed by atoms with Gasteiger partial charge in [-0.15, -0.1) is 0 Å². The molecule has 2 unspecified atom stereocenters. The van der Waals surface area contributed by atoms with E-state index in [1.54, 1.807) is 38.1 Å². The maximum Gasteiger partial charge on any atom is 0.310 e. The van der Waals surface area contributed by atoms with Gasteiger partial charge in [-0.25, -0.2) is 0 Å². The summed E-state index contributed by atoms with van der Waals surface area (Å²) in [5, 5.41) is 8.53. The molecule has 1 heterocycles. The summed E-state index contributed by atoms with van der Waals surface area (Å²) in [6, 6.07) is 9.88. The van der Waals surface area contributed by atoms with Crippen molar-refractivity contribution in [3.8, 4) is 0 Å². The van der Waals surface area contributed by atoms with Crippen molar-refractivity contribution >= 4 is 22.0 Å². The summed E-state index contributed by atoms with van der Waals surface area (Å²) < 4.78 is 64.9. The van der Waals surface area contributed by atoms with E-state index in [2.05, 4.69) is 16.0 Å². The Morgan fingerprint density at radius 3 is 2.12 bits per heavy atom. The predicted molar refractivity (Wildman–Crippen MR) is 112 cm³/mol. The van der Waals surface area contributed by atoms with E-state index < -0.39 is 39.3 Å². The molecule has 1 aliphatic heterocycles. The van der Waals surface area contributed by atoms with Crippen molar-refractivity contribution in [3.63, 3.8) is 0 Å². The summed E-state index contributed by atoms with van der Waals surface area (Å²) in [7, 11) is -9.78. The fourth-order valence-electron chi connectivity index (χ4n) is 3.52. The zero-order chi connectivity index (χ0) is 23.8. The number of halogens is 5. The minimum atomic E-state index is -9.78. The van der Waals surface area contributed by atoms with Crippen molar-refractivity contribution in [2.24, 2.45) is 5.92 Å². The van der Waals surface area contributed by atoms with Crippen molar-refractivity contribution in [1.29, 1.82) is 0 Å². The Kier molecular flexibility index (Phi) is 5.80. The second-order valence-electron chi connectivity index (χ2n) is 8.10. The van der Waals surface area contributed by atoms with Crippen molar-refractivity contribution in [1.82, 2.24) is 16.0 Å². The summed E-state index contributed by atoms with van der Waals surface area (Å²) in [4.78, 5) is 23.0. The Bertz CT molecular complexity index is 999. The topological polar surface area (TPSA) is 70.2 Å². The molecule has 3 rings (SSSR count). The zero-order valence-electron chi connectivity index (χ0n) is 17.3. The highest BCUT2D eigenvalue weighted by Crippen LogP contribution is 3.02. The zero-order valence-corrected chi connectivity index (χ0v) is 18.1. The molecule has 2 amide bonds. The summed E-state index contributed by atoms with van der Waals surface area (Å²) in [6.45, 7) is 3.47. The third-order valence-electron chi connectivity index (χ3n) is 5.16. The number of benzene rings is 2. The van der Waals surface area contributed by atoms with Gasteiger partial charge < -0.3 is 10.6 Å². The normalized spacial score (nSPS) is 22.4. The Balaban J connectivity index is 1.77. The maximum atomic E-state index is 13.0.